The number of anilines is 1. The van der Waals surface area contributed by atoms with Crippen LogP contribution in [0, 0.1) is 12.8 Å². The number of aryl methyl sites for hydroxylation is 1. The van der Waals surface area contributed by atoms with E-state index in [4.69, 9.17) is 4.74 Å². The first-order valence-corrected chi connectivity index (χ1v) is 7.60. The predicted octanol–water partition coefficient (Wildman–Crippen LogP) is 3.87. The summed E-state index contributed by atoms with van der Waals surface area (Å²) in [5.74, 6) is -1.07. The van der Waals surface area contributed by atoms with Crippen molar-refractivity contribution in [3.63, 3.8) is 0 Å². The van der Waals surface area contributed by atoms with E-state index in [1.807, 2.05) is 49.4 Å². The van der Waals surface area contributed by atoms with Crippen LogP contribution in [-0.2, 0) is 14.3 Å². The van der Waals surface area contributed by atoms with Crippen LogP contribution in [0.15, 0.2) is 54.6 Å². The van der Waals surface area contributed by atoms with Crippen molar-refractivity contribution in [3.05, 3.63) is 65.7 Å². The molecule has 0 aromatic heterocycles. The minimum absolute atomic E-state index is 0.298. The van der Waals surface area contributed by atoms with Crippen LogP contribution in [-0.4, -0.2) is 11.9 Å². The van der Waals surface area contributed by atoms with Gasteiger partial charge in [-0.05, 0) is 19.1 Å². The van der Waals surface area contributed by atoms with E-state index >= 15 is 0 Å². The molecule has 120 valence electrons. The van der Waals surface area contributed by atoms with Gasteiger partial charge in [-0.3, -0.25) is 9.59 Å². The summed E-state index contributed by atoms with van der Waals surface area (Å²) < 4.78 is 5.40. The fourth-order valence-electron chi connectivity index (χ4n) is 2.00. The van der Waals surface area contributed by atoms with E-state index < -0.39 is 12.1 Å². The third kappa shape index (κ3) is 4.68. The Balaban J connectivity index is 2.20. The summed E-state index contributed by atoms with van der Waals surface area (Å²) in [6.45, 7) is 5.45. The molecule has 0 saturated carbocycles. The first-order chi connectivity index (χ1) is 11.0. The summed E-state index contributed by atoms with van der Waals surface area (Å²) in [4.78, 5) is 24.5. The van der Waals surface area contributed by atoms with Gasteiger partial charge in [0, 0.05) is 11.3 Å². The highest BCUT2D eigenvalue weighted by molar-refractivity contribution is 5.96. The van der Waals surface area contributed by atoms with Gasteiger partial charge in [0.05, 0.1) is 5.92 Å². The summed E-state index contributed by atoms with van der Waals surface area (Å²) in [5.41, 5.74) is 2.42. The van der Waals surface area contributed by atoms with Crippen molar-refractivity contribution in [1.29, 1.82) is 0 Å². The van der Waals surface area contributed by atoms with Gasteiger partial charge in [-0.1, -0.05) is 61.9 Å². The number of rotatable bonds is 5. The third-order valence-corrected chi connectivity index (χ3v) is 3.36. The lowest BCUT2D eigenvalue weighted by atomic mass is 10.1. The molecule has 0 fully saturated rings. The largest absolute Gasteiger partial charge is 0.447 e. The molecule has 2 rings (SSSR count). The quantitative estimate of drug-likeness (QED) is 0.853. The Morgan fingerprint density at radius 3 is 2.13 bits per heavy atom. The Labute approximate surface area is 136 Å². The van der Waals surface area contributed by atoms with E-state index in [-0.39, 0.29) is 11.8 Å². The maximum Gasteiger partial charge on any atom is 0.309 e. The molecule has 0 aliphatic carbocycles. The van der Waals surface area contributed by atoms with E-state index in [0.717, 1.165) is 5.56 Å². The molecule has 1 atom stereocenters. The molecular formula is C19H21NO3. The molecular weight excluding hydrogens is 290 g/mol. The van der Waals surface area contributed by atoms with Crippen molar-refractivity contribution in [2.45, 2.75) is 26.9 Å². The molecule has 1 amide bonds. The maximum absolute atomic E-state index is 12.6. The maximum atomic E-state index is 12.6. The van der Waals surface area contributed by atoms with Crippen molar-refractivity contribution >= 4 is 17.6 Å². The zero-order chi connectivity index (χ0) is 16.8. The monoisotopic (exact) mass is 311 g/mol. The highest BCUT2D eigenvalue weighted by atomic mass is 16.5. The first-order valence-electron chi connectivity index (χ1n) is 7.60. The highest BCUT2D eigenvalue weighted by Crippen LogP contribution is 2.21. The smallest absolute Gasteiger partial charge is 0.309 e. The summed E-state index contributed by atoms with van der Waals surface area (Å²) in [6.07, 6.45) is -0.965. The van der Waals surface area contributed by atoms with Crippen LogP contribution < -0.4 is 5.32 Å². The summed E-state index contributed by atoms with van der Waals surface area (Å²) in [7, 11) is 0. The Hall–Kier alpha value is -2.62. The lowest BCUT2D eigenvalue weighted by Crippen LogP contribution is -2.27. The molecule has 2 aromatic carbocycles. The Morgan fingerprint density at radius 2 is 1.57 bits per heavy atom. The van der Waals surface area contributed by atoms with Crippen LogP contribution in [0.25, 0.3) is 0 Å². The van der Waals surface area contributed by atoms with E-state index in [2.05, 4.69) is 5.32 Å². The molecule has 0 heterocycles. The van der Waals surface area contributed by atoms with Crippen molar-refractivity contribution in [1.82, 2.24) is 0 Å². The van der Waals surface area contributed by atoms with Gasteiger partial charge in [0.1, 0.15) is 0 Å². The molecule has 0 saturated heterocycles. The second-order valence-corrected chi connectivity index (χ2v) is 5.74. The van der Waals surface area contributed by atoms with Crippen LogP contribution in [0.1, 0.15) is 31.1 Å². The van der Waals surface area contributed by atoms with Gasteiger partial charge in [0.25, 0.3) is 5.91 Å². The van der Waals surface area contributed by atoms with Crippen LogP contribution >= 0.6 is 0 Å². The van der Waals surface area contributed by atoms with Gasteiger partial charge in [-0.2, -0.15) is 0 Å². The Morgan fingerprint density at radius 1 is 0.957 bits per heavy atom. The second kappa shape index (κ2) is 7.58. The normalized spacial score (nSPS) is 11.8. The van der Waals surface area contributed by atoms with Gasteiger partial charge in [0.2, 0.25) is 6.10 Å². The molecule has 0 bridgehead atoms. The Kier molecular flexibility index (Phi) is 5.52. The van der Waals surface area contributed by atoms with Crippen LogP contribution in [0.5, 0.6) is 0 Å². The molecule has 2 aromatic rings. The average Bonchev–Trinajstić information content (AvgIpc) is 2.55. The number of hydrogen-bond donors (Lipinski definition) is 1. The summed E-state index contributed by atoms with van der Waals surface area (Å²) >= 11 is 0. The minimum atomic E-state index is -0.965. The molecule has 0 aliphatic heterocycles. The number of carbonyl (C=O) groups excluding carboxylic acids is 2. The fraction of sp³-hybridized carbons (Fsp3) is 0.263. The van der Waals surface area contributed by atoms with Gasteiger partial charge >= 0.3 is 5.97 Å². The molecule has 0 radical (unpaired) electrons. The first kappa shape index (κ1) is 16.7. The van der Waals surface area contributed by atoms with E-state index in [1.165, 1.54) is 0 Å². The molecule has 0 spiro atoms. The lowest BCUT2D eigenvalue weighted by Gasteiger charge is -2.19. The predicted molar refractivity (Wildman–Crippen MR) is 89.9 cm³/mol. The van der Waals surface area contributed by atoms with Crippen molar-refractivity contribution in [3.8, 4) is 0 Å². The molecule has 4 nitrogen and oxygen atoms in total. The van der Waals surface area contributed by atoms with E-state index in [1.54, 1.807) is 26.0 Å². The van der Waals surface area contributed by atoms with E-state index in [0.29, 0.717) is 11.3 Å². The summed E-state index contributed by atoms with van der Waals surface area (Å²) in [6, 6.07) is 16.5. The van der Waals surface area contributed by atoms with Gasteiger partial charge in [-0.15, -0.1) is 0 Å². The van der Waals surface area contributed by atoms with Crippen LogP contribution in [0.4, 0.5) is 5.69 Å². The van der Waals surface area contributed by atoms with Gasteiger partial charge in [0.15, 0.2) is 0 Å². The lowest BCUT2D eigenvalue weighted by molar-refractivity contribution is -0.157. The van der Waals surface area contributed by atoms with Crippen molar-refractivity contribution in [2.75, 3.05) is 5.32 Å². The van der Waals surface area contributed by atoms with Crippen LogP contribution in [0.2, 0.25) is 0 Å². The second-order valence-electron chi connectivity index (χ2n) is 5.74. The standard InChI is InChI=1S/C19H21NO3/c1-13(2)19(22)23-17(15-7-5-4-6-8-15)18(21)20-16-11-9-14(3)10-12-16/h4-13,17H,1-3H3,(H,20,21). The molecule has 0 aliphatic rings. The zero-order valence-corrected chi connectivity index (χ0v) is 13.6. The van der Waals surface area contributed by atoms with E-state index in [9.17, 15) is 9.59 Å². The number of carbonyl (C=O) groups is 2. The zero-order valence-electron chi connectivity index (χ0n) is 13.6. The molecule has 1 N–H and O–H groups in total. The number of ether oxygens (including phenoxy) is 1. The number of esters is 1. The number of benzene rings is 2. The average molecular weight is 311 g/mol. The van der Waals surface area contributed by atoms with Gasteiger partial charge < -0.3 is 10.1 Å². The number of nitrogens with one attached hydrogen (secondary N) is 1. The number of amides is 1. The third-order valence-electron chi connectivity index (χ3n) is 3.36. The van der Waals surface area contributed by atoms with Crippen molar-refractivity contribution < 1.29 is 14.3 Å². The molecule has 23 heavy (non-hydrogen) atoms. The topological polar surface area (TPSA) is 55.4 Å². The van der Waals surface area contributed by atoms with Crippen molar-refractivity contribution in [2.24, 2.45) is 5.92 Å². The molecule has 4 heteroatoms. The Bertz CT molecular complexity index is 663. The molecule has 1 unspecified atom stereocenters. The minimum Gasteiger partial charge on any atom is -0.447 e. The van der Waals surface area contributed by atoms with Crippen LogP contribution in [0.3, 0.4) is 0 Å². The number of hydrogen-bond acceptors (Lipinski definition) is 3. The summed E-state index contributed by atoms with van der Waals surface area (Å²) in [5, 5.41) is 2.80. The highest BCUT2D eigenvalue weighted by Gasteiger charge is 2.26. The van der Waals surface area contributed by atoms with Gasteiger partial charge in [-0.25, -0.2) is 0 Å². The SMILES string of the molecule is Cc1ccc(NC(=O)C(OC(=O)C(C)C)c2ccccc2)cc1. The fourth-order valence-corrected chi connectivity index (χ4v) is 2.00.